The quantitative estimate of drug-likeness (QED) is 0.506. The van der Waals surface area contributed by atoms with Crippen LogP contribution < -0.4 is 21.7 Å². The van der Waals surface area contributed by atoms with Crippen LogP contribution >= 0.6 is 12.4 Å². The summed E-state index contributed by atoms with van der Waals surface area (Å²) in [6.07, 6.45) is 3.46. The maximum atomic E-state index is 11.6. The number of primary amides is 1. The Kier molecular flexibility index (Phi) is 7.11. The van der Waals surface area contributed by atoms with E-state index in [-0.39, 0.29) is 24.9 Å². The maximum Gasteiger partial charge on any atom is 0.320 e. The number of hydrogen-bond donors (Lipinski definition) is 4. The molecule has 2 aromatic heterocycles. The molecule has 146 valence electrons. The van der Waals surface area contributed by atoms with Crippen molar-refractivity contribution in [2.45, 2.75) is 13.3 Å². The minimum absolute atomic E-state index is 0. The zero-order valence-corrected chi connectivity index (χ0v) is 16.0. The highest BCUT2D eigenvalue weighted by atomic mass is 35.5. The Morgan fingerprint density at radius 1 is 1.11 bits per heavy atom. The molecule has 0 atom stereocenters. The molecule has 0 radical (unpaired) electrons. The molecule has 9 heteroatoms. The highest BCUT2D eigenvalue weighted by Gasteiger charge is 2.07. The van der Waals surface area contributed by atoms with Gasteiger partial charge in [0.15, 0.2) is 0 Å². The lowest BCUT2D eigenvalue weighted by molar-refractivity contribution is -0.117. The number of benzene rings is 1. The second-order valence-corrected chi connectivity index (χ2v) is 5.89. The fraction of sp³-hybridized carbons (Fsp3) is 0.158. The molecule has 3 amide bonds. The first kappa shape index (κ1) is 20.9. The zero-order valence-electron chi connectivity index (χ0n) is 15.2. The highest BCUT2D eigenvalue weighted by molar-refractivity contribution is 5.97. The summed E-state index contributed by atoms with van der Waals surface area (Å²) < 4.78 is 0. The van der Waals surface area contributed by atoms with E-state index < -0.39 is 5.91 Å². The van der Waals surface area contributed by atoms with E-state index in [4.69, 9.17) is 5.73 Å². The normalized spacial score (nSPS) is 10.0. The van der Waals surface area contributed by atoms with Crippen LogP contribution in [0.25, 0.3) is 10.8 Å². The molecule has 0 fully saturated rings. The van der Waals surface area contributed by atoms with Crippen molar-refractivity contribution in [3.8, 4) is 0 Å². The summed E-state index contributed by atoms with van der Waals surface area (Å²) in [6.45, 7) is 2.39. The molecule has 0 aliphatic rings. The van der Waals surface area contributed by atoms with Gasteiger partial charge in [0.1, 0.15) is 5.82 Å². The minimum Gasteiger partial charge on any atom is -0.369 e. The summed E-state index contributed by atoms with van der Waals surface area (Å²) in [5.74, 6) is 0.0587. The topological polar surface area (TPSA) is 122 Å². The number of rotatable bonds is 6. The lowest BCUT2D eigenvalue weighted by atomic mass is 10.1. The number of nitrogens with one attached hydrogen (secondary N) is 3. The van der Waals surface area contributed by atoms with E-state index in [1.165, 1.54) is 0 Å². The van der Waals surface area contributed by atoms with E-state index in [1.807, 2.05) is 37.3 Å². The Hall–Kier alpha value is -3.39. The first-order valence-electron chi connectivity index (χ1n) is 8.49. The molecule has 0 saturated heterocycles. The molecule has 5 N–H and O–H groups in total. The van der Waals surface area contributed by atoms with Crippen LogP contribution in [0.5, 0.6) is 0 Å². The number of pyridine rings is 2. The van der Waals surface area contributed by atoms with Crippen molar-refractivity contribution in [1.29, 1.82) is 0 Å². The molecule has 28 heavy (non-hydrogen) atoms. The first-order valence-corrected chi connectivity index (χ1v) is 8.49. The van der Waals surface area contributed by atoms with Gasteiger partial charge in [-0.15, -0.1) is 12.4 Å². The smallest absolute Gasteiger partial charge is 0.320 e. The van der Waals surface area contributed by atoms with E-state index >= 15 is 0 Å². The van der Waals surface area contributed by atoms with Gasteiger partial charge in [-0.05, 0) is 36.6 Å². The molecule has 0 unspecified atom stereocenters. The summed E-state index contributed by atoms with van der Waals surface area (Å²) in [5.41, 5.74) is 7.43. The number of hydrogen-bond acceptors (Lipinski definition) is 5. The third-order valence-electron chi connectivity index (χ3n) is 3.80. The second-order valence-electron chi connectivity index (χ2n) is 5.89. The Balaban J connectivity index is 0.00000280. The summed E-state index contributed by atoms with van der Waals surface area (Å²) >= 11 is 0. The fourth-order valence-electron chi connectivity index (χ4n) is 2.61. The lowest BCUT2D eigenvalue weighted by Gasteiger charge is -2.11. The van der Waals surface area contributed by atoms with E-state index in [2.05, 4.69) is 25.9 Å². The summed E-state index contributed by atoms with van der Waals surface area (Å²) in [5, 5.41) is 10.5. The molecule has 0 aliphatic heterocycles. The van der Waals surface area contributed by atoms with Crippen LogP contribution in [0.2, 0.25) is 0 Å². The van der Waals surface area contributed by atoms with Crippen LogP contribution in [0.3, 0.4) is 0 Å². The largest absolute Gasteiger partial charge is 0.369 e. The van der Waals surface area contributed by atoms with Crippen LogP contribution in [0.4, 0.5) is 22.0 Å². The third-order valence-corrected chi connectivity index (χ3v) is 3.80. The van der Waals surface area contributed by atoms with Gasteiger partial charge in [-0.3, -0.25) is 15.1 Å². The van der Waals surface area contributed by atoms with Gasteiger partial charge >= 0.3 is 6.03 Å². The third kappa shape index (κ3) is 5.31. The van der Waals surface area contributed by atoms with Gasteiger partial charge < -0.3 is 16.4 Å². The zero-order chi connectivity index (χ0) is 19.2. The van der Waals surface area contributed by atoms with Crippen molar-refractivity contribution in [2.24, 2.45) is 5.73 Å². The van der Waals surface area contributed by atoms with Crippen LogP contribution in [0, 0.1) is 0 Å². The Morgan fingerprint density at radius 3 is 2.61 bits per heavy atom. The molecule has 0 aliphatic carbocycles. The van der Waals surface area contributed by atoms with Gasteiger partial charge in [0.2, 0.25) is 5.91 Å². The van der Waals surface area contributed by atoms with Crippen molar-refractivity contribution < 1.29 is 9.59 Å². The number of nitrogens with zero attached hydrogens (tertiary/aromatic N) is 2. The Bertz CT molecular complexity index is 978. The predicted molar refractivity (Wildman–Crippen MR) is 112 cm³/mol. The highest BCUT2D eigenvalue weighted by Crippen LogP contribution is 2.27. The van der Waals surface area contributed by atoms with Crippen molar-refractivity contribution in [3.63, 3.8) is 0 Å². The molecular weight excluding hydrogens is 380 g/mol. The van der Waals surface area contributed by atoms with Crippen LogP contribution in [-0.2, 0) is 11.2 Å². The van der Waals surface area contributed by atoms with Crippen LogP contribution in [0.15, 0.2) is 48.8 Å². The monoisotopic (exact) mass is 400 g/mol. The number of amides is 3. The van der Waals surface area contributed by atoms with Gasteiger partial charge in [0.25, 0.3) is 0 Å². The molecule has 3 rings (SSSR count). The number of nitrogens with two attached hydrogens (primary N) is 1. The number of halogens is 1. The summed E-state index contributed by atoms with van der Waals surface area (Å²) in [7, 11) is 0. The van der Waals surface area contributed by atoms with E-state index in [9.17, 15) is 9.59 Å². The van der Waals surface area contributed by atoms with Crippen molar-refractivity contribution >= 4 is 52.3 Å². The van der Waals surface area contributed by atoms with Crippen molar-refractivity contribution in [1.82, 2.24) is 15.3 Å². The van der Waals surface area contributed by atoms with Gasteiger partial charge in [-0.25, -0.2) is 9.78 Å². The van der Waals surface area contributed by atoms with Crippen molar-refractivity contribution in [2.75, 3.05) is 17.2 Å². The average molecular weight is 401 g/mol. The first-order chi connectivity index (χ1) is 13.0. The molecular formula is C19H21ClN6O2. The average Bonchev–Trinajstić information content (AvgIpc) is 2.63. The molecule has 8 nitrogen and oxygen atoms in total. The standard InChI is InChI=1S/C19H20N6O2.ClH/c1-2-21-19(27)25-18-8-12-4-3-5-16(15(12)11-23-18)24-14-7-6-13(22-10-14)9-17(20)26;/h3-8,10-11,24H,2,9H2,1H3,(H2,20,26)(H2,21,23,25,27);1H. The maximum absolute atomic E-state index is 11.6. The number of carbonyl (C=O) groups excluding carboxylic acids is 2. The molecule has 1 aromatic carbocycles. The Morgan fingerprint density at radius 2 is 1.93 bits per heavy atom. The lowest BCUT2D eigenvalue weighted by Crippen LogP contribution is -2.28. The molecule has 2 heterocycles. The minimum atomic E-state index is -0.416. The molecule has 0 spiro atoms. The Labute approximate surface area is 168 Å². The molecule has 0 bridgehead atoms. The fourth-order valence-corrected chi connectivity index (χ4v) is 2.61. The molecule has 0 saturated carbocycles. The number of anilines is 3. The van der Waals surface area contributed by atoms with E-state index in [0.29, 0.717) is 18.1 Å². The predicted octanol–water partition coefficient (Wildman–Crippen LogP) is 2.96. The summed E-state index contributed by atoms with van der Waals surface area (Å²) in [6, 6.07) is 10.9. The SMILES string of the molecule is CCNC(=O)Nc1cc2cccc(Nc3ccc(CC(N)=O)nc3)c2cn1.Cl. The van der Waals surface area contributed by atoms with Gasteiger partial charge in [-0.2, -0.15) is 0 Å². The van der Waals surface area contributed by atoms with Gasteiger partial charge in [0, 0.05) is 29.5 Å². The number of urea groups is 1. The number of aromatic nitrogens is 2. The van der Waals surface area contributed by atoms with Crippen LogP contribution in [0.1, 0.15) is 12.6 Å². The summed E-state index contributed by atoms with van der Waals surface area (Å²) in [4.78, 5) is 31.1. The van der Waals surface area contributed by atoms with E-state index in [0.717, 1.165) is 22.1 Å². The second kappa shape index (κ2) is 9.52. The van der Waals surface area contributed by atoms with Gasteiger partial charge in [0.05, 0.1) is 18.3 Å². The van der Waals surface area contributed by atoms with Crippen molar-refractivity contribution in [3.05, 3.63) is 54.5 Å². The van der Waals surface area contributed by atoms with E-state index in [1.54, 1.807) is 18.5 Å². The number of fused-ring (bicyclic) bond motifs is 1. The van der Waals surface area contributed by atoms with Gasteiger partial charge in [-0.1, -0.05) is 12.1 Å². The van der Waals surface area contributed by atoms with Crippen LogP contribution in [-0.4, -0.2) is 28.5 Å². The molecule has 3 aromatic rings. The number of carbonyl (C=O) groups is 2.